The number of aliphatic hydroxyl groups excluding tert-OH is 1. The Bertz CT molecular complexity index is 2050. The normalized spacial score (nSPS) is 18.1. The number of benzene rings is 5. The van der Waals surface area contributed by atoms with Gasteiger partial charge in [-0.15, -0.1) is 0 Å². The largest absolute Gasteiger partial charge is 0.397 e. The van der Waals surface area contributed by atoms with Crippen LogP contribution >= 0.6 is 0 Å². The highest BCUT2D eigenvalue weighted by Crippen LogP contribution is 2.64. The molecule has 0 spiro atoms. The van der Waals surface area contributed by atoms with E-state index in [0.717, 1.165) is 11.1 Å². The molecule has 0 radical (unpaired) electrons. The Hall–Kier alpha value is -4.09. The highest BCUT2D eigenvalue weighted by atomic mass is 32.2. The molecule has 0 amide bonds. The molecule has 7 nitrogen and oxygen atoms in total. The van der Waals surface area contributed by atoms with Crippen LogP contribution < -0.4 is 0 Å². The lowest BCUT2D eigenvalue weighted by atomic mass is 10.1. The molecular weight excluding hydrogens is 689 g/mol. The minimum absolute atomic E-state index is 0.0534. The fourth-order valence-electron chi connectivity index (χ4n) is 5.70. The number of hydrogen-bond acceptors (Lipinski definition) is 7. The maximum Gasteiger partial charge on any atom is 0.188 e. The van der Waals surface area contributed by atoms with Crippen LogP contribution in [-0.2, 0) is 40.0 Å². The fourth-order valence-corrected chi connectivity index (χ4v) is 10.6. The standard InChI is InChI=1S/C17H18O2S.C13H12O2S.C8H10O2S.C2H6O/c1-13-14(2)17(13,15-9-5-3-6-10-15)20(18,19)16-11-7-4-8-12-16;14-16(15,13-9-5-2-6-10-13)11-12-7-3-1-4-8-12;1-2-11(9,10)8-6-4-3-5-7-8;1-2-3/h3-14H,1-2H3;1-10H,11H2;3-7H,2H2,1H3;3H,2H2,1H3/t13-,14+,17?;;;. The average molecular weight is 735 g/mol. The molecule has 10 heteroatoms. The van der Waals surface area contributed by atoms with Crippen LogP contribution in [0, 0.1) is 11.8 Å². The average Bonchev–Trinajstić information content (AvgIpc) is 3.71. The summed E-state index contributed by atoms with van der Waals surface area (Å²) in [6.07, 6.45) is 0. The lowest BCUT2D eigenvalue weighted by Gasteiger charge is -2.19. The summed E-state index contributed by atoms with van der Waals surface area (Å²) in [4.78, 5) is 1.20. The Labute approximate surface area is 298 Å². The summed E-state index contributed by atoms with van der Waals surface area (Å²) >= 11 is 0. The summed E-state index contributed by atoms with van der Waals surface area (Å²) in [7, 11) is -9.59. The first-order chi connectivity index (χ1) is 23.8. The summed E-state index contributed by atoms with van der Waals surface area (Å²) in [5, 5.41) is 7.57. The Morgan fingerprint density at radius 3 is 1.18 bits per heavy atom. The van der Waals surface area contributed by atoms with Gasteiger partial charge >= 0.3 is 0 Å². The molecule has 0 aromatic heterocycles. The fraction of sp³-hybridized carbons (Fsp3) is 0.250. The van der Waals surface area contributed by atoms with Crippen molar-refractivity contribution in [1.82, 2.24) is 0 Å². The van der Waals surface area contributed by atoms with Gasteiger partial charge in [0.1, 0.15) is 4.75 Å². The summed E-state index contributed by atoms with van der Waals surface area (Å²) < 4.78 is 71.9. The summed E-state index contributed by atoms with van der Waals surface area (Å²) in [6, 6.07) is 44.6. The SMILES string of the molecule is CCO.CCS(=O)(=O)c1ccccc1.C[C@@H]1[C@H](C)C1(c1ccccc1)S(=O)(=O)c1ccccc1.O=S(=O)(Cc1ccccc1)c1ccccc1. The van der Waals surface area contributed by atoms with Crippen LogP contribution in [0.2, 0.25) is 0 Å². The molecule has 0 bridgehead atoms. The molecule has 3 atom stereocenters. The minimum Gasteiger partial charge on any atom is -0.397 e. The van der Waals surface area contributed by atoms with Gasteiger partial charge in [0.25, 0.3) is 0 Å². The van der Waals surface area contributed by atoms with E-state index in [1.807, 2.05) is 86.6 Å². The van der Waals surface area contributed by atoms with Gasteiger partial charge in [0.2, 0.25) is 0 Å². The first-order valence-electron chi connectivity index (χ1n) is 16.3. The topological polar surface area (TPSA) is 123 Å². The van der Waals surface area contributed by atoms with Crippen molar-refractivity contribution in [3.05, 3.63) is 163 Å². The zero-order valence-corrected chi connectivity index (χ0v) is 31.3. The summed E-state index contributed by atoms with van der Waals surface area (Å²) in [5.74, 6) is 0.486. The molecule has 0 saturated heterocycles. The van der Waals surface area contributed by atoms with E-state index in [-0.39, 0.29) is 29.9 Å². The van der Waals surface area contributed by atoms with Gasteiger partial charge in [0, 0.05) is 6.61 Å². The van der Waals surface area contributed by atoms with E-state index in [1.165, 1.54) is 0 Å². The van der Waals surface area contributed by atoms with E-state index in [2.05, 4.69) is 0 Å². The van der Waals surface area contributed by atoms with E-state index in [4.69, 9.17) is 5.11 Å². The third-order valence-corrected chi connectivity index (χ3v) is 14.7. The van der Waals surface area contributed by atoms with Crippen LogP contribution in [0.3, 0.4) is 0 Å². The molecule has 6 rings (SSSR count). The van der Waals surface area contributed by atoms with Crippen molar-refractivity contribution >= 4 is 29.5 Å². The molecule has 5 aromatic rings. The Kier molecular flexibility index (Phi) is 14.7. The number of sulfone groups is 3. The highest BCUT2D eigenvalue weighted by Gasteiger charge is 2.68. The predicted octanol–water partition coefficient (Wildman–Crippen LogP) is 7.78. The van der Waals surface area contributed by atoms with Crippen molar-refractivity contribution in [2.24, 2.45) is 11.8 Å². The first-order valence-corrected chi connectivity index (χ1v) is 21.1. The zero-order chi connectivity index (χ0) is 36.8. The van der Waals surface area contributed by atoms with Crippen LogP contribution in [0.25, 0.3) is 0 Å². The second-order valence-corrected chi connectivity index (χ2v) is 18.1. The molecule has 1 saturated carbocycles. The van der Waals surface area contributed by atoms with E-state index < -0.39 is 34.3 Å². The van der Waals surface area contributed by atoms with Crippen LogP contribution in [0.1, 0.15) is 38.8 Å². The number of aliphatic hydroxyl groups is 1. The molecule has 1 N–H and O–H groups in total. The first kappa shape index (κ1) is 40.3. The Balaban J connectivity index is 0.000000203. The maximum absolute atomic E-state index is 13.1. The summed E-state index contributed by atoms with van der Waals surface area (Å²) in [6.45, 7) is 7.62. The van der Waals surface area contributed by atoms with Crippen molar-refractivity contribution in [2.45, 2.75) is 52.9 Å². The van der Waals surface area contributed by atoms with E-state index >= 15 is 0 Å². The van der Waals surface area contributed by atoms with Crippen LogP contribution in [0.4, 0.5) is 0 Å². The predicted molar refractivity (Wildman–Crippen MR) is 201 cm³/mol. The van der Waals surface area contributed by atoms with Gasteiger partial charge in [-0.05, 0) is 66.3 Å². The lowest BCUT2D eigenvalue weighted by molar-refractivity contribution is 0.318. The van der Waals surface area contributed by atoms with Crippen LogP contribution in [0.5, 0.6) is 0 Å². The molecular formula is C40H46O7S3. The minimum atomic E-state index is -3.38. The molecule has 1 aliphatic rings. The maximum atomic E-state index is 13.1. The van der Waals surface area contributed by atoms with Crippen molar-refractivity contribution in [2.75, 3.05) is 12.4 Å². The summed E-state index contributed by atoms with van der Waals surface area (Å²) in [5.41, 5.74) is 1.72. The number of hydrogen-bond donors (Lipinski definition) is 1. The molecule has 50 heavy (non-hydrogen) atoms. The molecule has 0 heterocycles. The van der Waals surface area contributed by atoms with Crippen molar-refractivity contribution in [3.8, 4) is 0 Å². The second-order valence-electron chi connectivity index (χ2n) is 11.6. The zero-order valence-electron chi connectivity index (χ0n) is 28.8. The molecule has 1 fully saturated rings. The second kappa shape index (κ2) is 18.2. The highest BCUT2D eigenvalue weighted by molar-refractivity contribution is 7.92. The van der Waals surface area contributed by atoms with Gasteiger partial charge in [0.05, 0.1) is 26.2 Å². The van der Waals surface area contributed by atoms with E-state index in [1.54, 1.807) is 92.7 Å². The Morgan fingerprint density at radius 2 is 0.820 bits per heavy atom. The molecule has 266 valence electrons. The van der Waals surface area contributed by atoms with Crippen molar-refractivity contribution < 1.29 is 30.4 Å². The number of rotatable bonds is 8. The van der Waals surface area contributed by atoms with E-state index in [0.29, 0.717) is 14.7 Å². The van der Waals surface area contributed by atoms with Gasteiger partial charge in [-0.25, -0.2) is 25.3 Å². The third-order valence-electron chi connectivity index (χ3n) is 8.50. The molecule has 1 unspecified atom stereocenters. The van der Waals surface area contributed by atoms with Crippen molar-refractivity contribution in [3.63, 3.8) is 0 Å². The smallest absolute Gasteiger partial charge is 0.188 e. The molecule has 5 aromatic carbocycles. The quantitative estimate of drug-likeness (QED) is 0.173. The van der Waals surface area contributed by atoms with Gasteiger partial charge in [-0.1, -0.05) is 136 Å². The lowest BCUT2D eigenvalue weighted by Crippen LogP contribution is -2.24. The van der Waals surface area contributed by atoms with Gasteiger partial charge in [-0.2, -0.15) is 0 Å². The molecule has 1 aliphatic carbocycles. The monoisotopic (exact) mass is 734 g/mol. The van der Waals surface area contributed by atoms with Gasteiger partial charge in [-0.3, -0.25) is 0 Å². The Morgan fingerprint density at radius 1 is 0.500 bits per heavy atom. The van der Waals surface area contributed by atoms with E-state index in [9.17, 15) is 25.3 Å². The van der Waals surface area contributed by atoms with Gasteiger partial charge in [0.15, 0.2) is 29.5 Å². The third kappa shape index (κ3) is 9.78. The van der Waals surface area contributed by atoms with Crippen LogP contribution in [-0.4, -0.2) is 42.7 Å². The van der Waals surface area contributed by atoms with Gasteiger partial charge < -0.3 is 5.11 Å². The van der Waals surface area contributed by atoms with Crippen molar-refractivity contribution in [1.29, 1.82) is 0 Å². The van der Waals surface area contributed by atoms with Crippen LogP contribution in [0.15, 0.2) is 166 Å². The molecule has 0 aliphatic heterocycles.